The van der Waals surface area contributed by atoms with Crippen LogP contribution in [0.15, 0.2) is 17.1 Å². The number of alkyl halides is 2. The first-order chi connectivity index (χ1) is 9.08. The number of rotatable bonds is 2. The van der Waals surface area contributed by atoms with Gasteiger partial charge in [-0.3, -0.25) is 4.57 Å². The van der Waals surface area contributed by atoms with Crippen LogP contribution in [0.1, 0.15) is 13.2 Å². The van der Waals surface area contributed by atoms with Crippen LogP contribution in [0.2, 0.25) is 0 Å². The van der Waals surface area contributed by atoms with Crippen LogP contribution in [-0.2, 0) is 4.74 Å². The van der Waals surface area contributed by atoms with Crippen molar-refractivity contribution in [1.29, 1.82) is 0 Å². The molecule has 5 N–H and O–H groups in total. The monoisotopic (exact) mass is 293 g/mol. The van der Waals surface area contributed by atoms with Gasteiger partial charge in [0.15, 0.2) is 6.23 Å². The number of nitrogens with zero attached hydrogens (tertiary/aromatic N) is 2. The van der Waals surface area contributed by atoms with Gasteiger partial charge in [0.05, 0.1) is 0 Å². The molecule has 0 amide bonds. The third-order valence-corrected chi connectivity index (χ3v) is 3.04. The molecule has 0 bridgehead atoms. The van der Waals surface area contributed by atoms with Gasteiger partial charge in [-0.1, -0.05) is 0 Å². The zero-order valence-corrected chi connectivity index (χ0v) is 10.3. The Bertz CT molecular complexity index is 575. The summed E-state index contributed by atoms with van der Waals surface area (Å²) in [5.41, 5.74) is 4.26. The van der Waals surface area contributed by atoms with Crippen LogP contribution in [0.4, 0.5) is 14.6 Å². The number of ether oxygens (including phenoxy) is 1. The van der Waals surface area contributed by atoms with E-state index in [1.807, 2.05) is 0 Å². The highest BCUT2D eigenvalue weighted by Gasteiger charge is 2.66. The summed E-state index contributed by atoms with van der Waals surface area (Å²) in [6, 6.07) is 1.16. The third-order valence-electron chi connectivity index (χ3n) is 3.04. The van der Waals surface area contributed by atoms with Gasteiger partial charge in [0.1, 0.15) is 18.0 Å². The fourth-order valence-corrected chi connectivity index (χ4v) is 1.91. The van der Waals surface area contributed by atoms with E-state index in [0.29, 0.717) is 11.5 Å². The number of nitrogen functional groups attached to an aromatic ring is 1. The maximum Gasteiger partial charge on any atom is 0.351 e. The van der Waals surface area contributed by atoms with Crippen molar-refractivity contribution >= 4 is 5.82 Å². The molecule has 1 saturated heterocycles. The predicted molar refractivity (Wildman–Crippen MR) is 60.6 cm³/mol. The number of aliphatic hydroxyl groups is 3. The van der Waals surface area contributed by atoms with Crippen molar-refractivity contribution in [3.63, 3.8) is 0 Å². The van der Waals surface area contributed by atoms with Crippen molar-refractivity contribution in [3.05, 3.63) is 22.7 Å². The highest BCUT2D eigenvalue weighted by molar-refractivity contribution is 5.23. The van der Waals surface area contributed by atoms with Crippen molar-refractivity contribution in [2.24, 2.45) is 0 Å². The number of nitrogens with two attached hydrogens (primary N) is 1. The Morgan fingerprint density at radius 1 is 1.60 bits per heavy atom. The van der Waals surface area contributed by atoms with Crippen LogP contribution in [0.25, 0.3) is 0 Å². The Morgan fingerprint density at radius 2 is 2.20 bits per heavy atom. The molecular weight excluding hydrogens is 280 g/mol. The zero-order chi connectivity index (χ0) is 15.3. The minimum Gasteiger partial charge on any atom is -0.385 e. The maximum absolute atomic E-state index is 14.2. The number of aliphatic hydroxyl groups excluding tert-OH is 2. The first kappa shape index (κ1) is 14.8. The smallest absolute Gasteiger partial charge is 0.351 e. The van der Waals surface area contributed by atoms with Gasteiger partial charge in [0.2, 0.25) is 0 Å². The molecule has 1 aliphatic heterocycles. The number of halogens is 2. The molecule has 20 heavy (non-hydrogen) atoms. The van der Waals surface area contributed by atoms with Gasteiger partial charge in [-0.2, -0.15) is 4.98 Å². The van der Waals surface area contributed by atoms with Crippen molar-refractivity contribution in [2.75, 3.05) is 5.73 Å². The van der Waals surface area contributed by atoms with Crippen molar-refractivity contribution in [1.82, 2.24) is 9.55 Å². The Labute approximate surface area is 111 Å². The molecule has 2 rings (SSSR count). The highest BCUT2D eigenvalue weighted by atomic mass is 19.2. The lowest BCUT2D eigenvalue weighted by molar-refractivity contribution is -0.321. The molecule has 10 heteroatoms. The van der Waals surface area contributed by atoms with Crippen LogP contribution in [0.3, 0.4) is 0 Å². The summed E-state index contributed by atoms with van der Waals surface area (Å²) in [6.45, 7) is 0.412. The molecule has 5 atom stereocenters. The standard InChI is InChI=1S/C10H13F2N3O5/c1-9(11,19)10(12)6(17)5(16)7(20-10)15-3-2-4(13)14-8(15)18/h2-3,5-7,16-17,19H,1H3,(H2,13,14,18)/t5-,6+,7-,9+,10+/m1/s1. The number of aromatic nitrogens is 2. The summed E-state index contributed by atoms with van der Waals surface area (Å²) in [7, 11) is 0. The molecule has 0 unspecified atom stereocenters. The minimum atomic E-state index is -3.60. The minimum absolute atomic E-state index is 0.122. The van der Waals surface area contributed by atoms with Gasteiger partial charge >= 0.3 is 5.69 Å². The zero-order valence-electron chi connectivity index (χ0n) is 10.3. The van der Waals surface area contributed by atoms with Crippen molar-refractivity contribution in [2.45, 2.75) is 37.1 Å². The summed E-state index contributed by atoms with van der Waals surface area (Å²) >= 11 is 0. The van der Waals surface area contributed by atoms with Crippen LogP contribution >= 0.6 is 0 Å². The van der Waals surface area contributed by atoms with Crippen LogP contribution in [0, 0.1) is 0 Å². The second-order valence-corrected chi connectivity index (χ2v) is 4.58. The molecule has 0 aliphatic carbocycles. The molecule has 8 nitrogen and oxygen atoms in total. The van der Waals surface area contributed by atoms with Crippen LogP contribution in [-0.4, -0.2) is 48.8 Å². The Balaban J connectivity index is 2.43. The third kappa shape index (κ3) is 2.06. The molecule has 112 valence electrons. The normalized spacial score (nSPS) is 36.8. The molecule has 0 aromatic carbocycles. The lowest BCUT2D eigenvalue weighted by Crippen LogP contribution is -2.54. The van der Waals surface area contributed by atoms with E-state index in [-0.39, 0.29) is 5.82 Å². The molecule has 2 heterocycles. The van der Waals surface area contributed by atoms with Gasteiger partial charge < -0.3 is 25.8 Å². The Morgan fingerprint density at radius 3 is 2.65 bits per heavy atom. The van der Waals surface area contributed by atoms with E-state index in [2.05, 4.69) is 9.72 Å². The molecule has 1 aliphatic rings. The molecular formula is C10H13F2N3O5. The largest absolute Gasteiger partial charge is 0.385 e. The Kier molecular flexibility index (Phi) is 3.29. The fraction of sp³-hybridized carbons (Fsp3) is 0.600. The van der Waals surface area contributed by atoms with Gasteiger partial charge in [-0.25, -0.2) is 13.6 Å². The molecule has 0 spiro atoms. The van der Waals surface area contributed by atoms with E-state index >= 15 is 0 Å². The highest BCUT2D eigenvalue weighted by Crippen LogP contribution is 2.44. The van der Waals surface area contributed by atoms with E-state index in [9.17, 15) is 23.8 Å². The molecule has 1 aromatic rings. The summed E-state index contributed by atoms with van der Waals surface area (Å²) < 4.78 is 32.8. The second-order valence-electron chi connectivity index (χ2n) is 4.58. The van der Waals surface area contributed by atoms with Crippen molar-refractivity contribution < 1.29 is 28.8 Å². The summed E-state index contributed by atoms with van der Waals surface area (Å²) in [5.74, 6) is -7.31. The van der Waals surface area contributed by atoms with E-state index < -0.39 is 35.8 Å². The number of anilines is 1. The van der Waals surface area contributed by atoms with Gasteiger partial charge in [-0.05, 0) is 6.07 Å². The first-order valence-corrected chi connectivity index (χ1v) is 5.57. The average Bonchev–Trinajstić information content (AvgIpc) is 2.54. The van der Waals surface area contributed by atoms with E-state index in [1.54, 1.807) is 0 Å². The second kappa shape index (κ2) is 4.45. The van der Waals surface area contributed by atoms with Crippen molar-refractivity contribution in [3.8, 4) is 0 Å². The molecule has 0 radical (unpaired) electrons. The number of hydrogen-bond donors (Lipinski definition) is 4. The van der Waals surface area contributed by atoms with Gasteiger partial charge in [0.25, 0.3) is 11.7 Å². The van der Waals surface area contributed by atoms with E-state index in [4.69, 9.17) is 10.8 Å². The van der Waals surface area contributed by atoms with Gasteiger partial charge in [-0.15, -0.1) is 0 Å². The lowest BCUT2D eigenvalue weighted by Gasteiger charge is -2.30. The lowest BCUT2D eigenvalue weighted by atomic mass is 10.0. The maximum atomic E-state index is 14.2. The quantitative estimate of drug-likeness (QED) is 0.517. The van der Waals surface area contributed by atoms with Crippen LogP contribution in [0.5, 0.6) is 0 Å². The predicted octanol–water partition coefficient (Wildman–Crippen LogP) is -1.58. The molecule has 1 aromatic heterocycles. The summed E-state index contributed by atoms with van der Waals surface area (Å²) in [5, 5.41) is 28.3. The SMILES string of the molecule is C[C@@](O)(F)[C@@]1(F)O[C@@H](n2ccc(N)nc2=O)[C@H](O)[C@@H]1O. The first-order valence-electron chi connectivity index (χ1n) is 5.57. The average molecular weight is 293 g/mol. The topological polar surface area (TPSA) is 131 Å². The molecule has 0 saturated carbocycles. The molecule has 1 fully saturated rings. The number of hydrogen-bond acceptors (Lipinski definition) is 7. The van der Waals surface area contributed by atoms with Crippen LogP contribution < -0.4 is 11.4 Å². The summed E-state index contributed by atoms with van der Waals surface area (Å²) in [4.78, 5) is 14.9. The Hall–Kier alpha value is -1.62. The summed E-state index contributed by atoms with van der Waals surface area (Å²) in [6.07, 6.45) is -5.13. The van der Waals surface area contributed by atoms with E-state index in [1.165, 1.54) is 0 Å². The van der Waals surface area contributed by atoms with Gasteiger partial charge in [0, 0.05) is 13.1 Å². The fourth-order valence-electron chi connectivity index (χ4n) is 1.91. The van der Waals surface area contributed by atoms with E-state index in [0.717, 1.165) is 12.3 Å².